The maximum Gasteiger partial charge on any atom is 0.233 e. The molecule has 3 aliphatic rings. The van der Waals surface area contributed by atoms with E-state index in [1.165, 1.54) is 11.8 Å². The number of thioether (sulfide) groups is 1. The van der Waals surface area contributed by atoms with E-state index in [4.69, 9.17) is 0 Å². The van der Waals surface area contributed by atoms with E-state index in [1.54, 1.807) is 0 Å². The standard InChI is InChI=1S/C14H22N6O3S2/c21-13(9-24-14-15-16-17-20(14)11-1-2-11)19-6-4-18(5-7-19)12-3-8-25(22,23)10-12/h11-12H,1-10H2/t12-/m1/s1. The molecule has 11 heteroatoms. The monoisotopic (exact) mass is 386 g/mol. The van der Waals surface area contributed by atoms with Gasteiger partial charge in [0.05, 0.1) is 23.3 Å². The quantitative estimate of drug-likeness (QED) is 0.620. The van der Waals surface area contributed by atoms with Crippen molar-refractivity contribution in [2.75, 3.05) is 43.4 Å². The van der Waals surface area contributed by atoms with Crippen molar-refractivity contribution in [3.05, 3.63) is 0 Å². The van der Waals surface area contributed by atoms with Gasteiger partial charge in [0.1, 0.15) is 0 Å². The van der Waals surface area contributed by atoms with Crippen LogP contribution in [-0.4, -0.2) is 93.8 Å². The van der Waals surface area contributed by atoms with Gasteiger partial charge in [-0.3, -0.25) is 9.69 Å². The first-order valence-electron chi connectivity index (χ1n) is 8.65. The summed E-state index contributed by atoms with van der Waals surface area (Å²) in [5.41, 5.74) is 0. The zero-order valence-electron chi connectivity index (χ0n) is 14.0. The van der Waals surface area contributed by atoms with Crippen LogP contribution < -0.4 is 0 Å². The summed E-state index contributed by atoms with van der Waals surface area (Å²) in [5, 5.41) is 12.4. The Balaban J connectivity index is 1.25. The summed E-state index contributed by atoms with van der Waals surface area (Å²) in [7, 11) is -2.86. The zero-order valence-corrected chi connectivity index (χ0v) is 15.6. The third kappa shape index (κ3) is 3.98. The van der Waals surface area contributed by atoms with E-state index in [0.717, 1.165) is 32.4 Å². The SMILES string of the molecule is O=C(CSc1nnnn1C1CC1)N1CCN([C@@H]2CCS(=O)(=O)C2)CC1. The number of tetrazole rings is 1. The van der Waals surface area contributed by atoms with Gasteiger partial charge in [0.15, 0.2) is 9.84 Å². The minimum atomic E-state index is -2.86. The molecule has 2 aliphatic heterocycles. The van der Waals surface area contributed by atoms with Crippen LogP contribution in [0.5, 0.6) is 0 Å². The predicted octanol–water partition coefficient (Wildman–Crippen LogP) is -0.569. The fraction of sp³-hybridized carbons (Fsp3) is 0.857. The van der Waals surface area contributed by atoms with Crippen LogP contribution in [0, 0.1) is 0 Å². The van der Waals surface area contributed by atoms with Gasteiger partial charge in [-0.1, -0.05) is 11.8 Å². The summed E-state index contributed by atoms with van der Waals surface area (Å²) in [5.74, 6) is 0.989. The number of hydrogen-bond acceptors (Lipinski definition) is 8. The maximum atomic E-state index is 12.4. The Morgan fingerprint density at radius 2 is 1.88 bits per heavy atom. The van der Waals surface area contributed by atoms with Gasteiger partial charge >= 0.3 is 0 Å². The van der Waals surface area contributed by atoms with Crippen molar-refractivity contribution >= 4 is 27.5 Å². The van der Waals surface area contributed by atoms with Gasteiger partial charge in [-0.25, -0.2) is 13.1 Å². The average Bonchev–Trinajstić information content (AvgIpc) is 3.23. The molecule has 25 heavy (non-hydrogen) atoms. The molecule has 1 atom stereocenters. The molecule has 1 aromatic heterocycles. The first-order chi connectivity index (χ1) is 12.0. The number of aromatic nitrogens is 4. The number of amides is 1. The Bertz CT molecular complexity index is 740. The molecule has 0 bridgehead atoms. The minimum Gasteiger partial charge on any atom is -0.339 e. The van der Waals surface area contributed by atoms with Gasteiger partial charge < -0.3 is 4.90 Å². The van der Waals surface area contributed by atoms with Crippen LogP contribution in [0.4, 0.5) is 0 Å². The van der Waals surface area contributed by atoms with Gasteiger partial charge in [0.2, 0.25) is 11.1 Å². The largest absolute Gasteiger partial charge is 0.339 e. The van der Waals surface area contributed by atoms with Gasteiger partial charge in [-0.2, -0.15) is 0 Å². The van der Waals surface area contributed by atoms with E-state index < -0.39 is 9.84 Å². The van der Waals surface area contributed by atoms with Crippen LogP contribution in [0.2, 0.25) is 0 Å². The zero-order chi connectivity index (χ0) is 17.4. The third-order valence-electron chi connectivity index (χ3n) is 5.07. The number of rotatable bonds is 5. The van der Waals surface area contributed by atoms with Crippen molar-refractivity contribution in [3.8, 4) is 0 Å². The third-order valence-corrected chi connectivity index (χ3v) is 7.74. The second-order valence-corrected chi connectivity index (χ2v) is 10.1. The summed E-state index contributed by atoms with van der Waals surface area (Å²) >= 11 is 1.39. The predicted molar refractivity (Wildman–Crippen MR) is 92.0 cm³/mol. The van der Waals surface area contributed by atoms with Crippen LogP contribution in [0.3, 0.4) is 0 Å². The van der Waals surface area contributed by atoms with Crippen LogP contribution in [0.25, 0.3) is 0 Å². The molecule has 0 aromatic carbocycles. The fourth-order valence-electron chi connectivity index (χ4n) is 3.45. The molecule has 0 N–H and O–H groups in total. The summed E-state index contributed by atoms with van der Waals surface area (Å²) in [6, 6.07) is 0.527. The van der Waals surface area contributed by atoms with Gasteiger partial charge in [-0.05, 0) is 29.7 Å². The van der Waals surface area contributed by atoms with Crippen molar-refractivity contribution in [1.29, 1.82) is 0 Å². The molecular formula is C14H22N6O3S2. The summed E-state index contributed by atoms with van der Waals surface area (Å²) in [6.07, 6.45) is 2.92. The number of hydrogen-bond donors (Lipinski definition) is 0. The number of carbonyl (C=O) groups excluding carboxylic acids is 1. The van der Waals surface area contributed by atoms with E-state index >= 15 is 0 Å². The van der Waals surface area contributed by atoms with E-state index in [9.17, 15) is 13.2 Å². The van der Waals surface area contributed by atoms with E-state index in [0.29, 0.717) is 35.8 Å². The van der Waals surface area contributed by atoms with Crippen LogP contribution in [0.1, 0.15) is 25.3 Å². The molecule has 2 saturated heterocycles. The molecule has 9 nitrogen and oxygen atoms in total. The molecule has 0 unspecified atom stereocenters. The van der Waals surface area contributed by atoms with Crippen molar-refractivity contribution in [2.45, 2.75) is 36.5 Å². The van der Waals surface area contributed by atoms with Crippen LogP contribution in [-0.2, 0) is 14.6 Å². The highest BCUT2D eigenvalue weighted by Crippen LogP contribution is 2.36. The molecule has 3 heterocycles. The van der Waals surface area contributed by atoms with Gasteiger partial charge in [-0.15, -0.1) is 5.10 Å². The molecule has 3 fully saturated rings. The number of nitrogens with zero attached hydrogens (tertiary/aromatic N) is 6. The molecule has 1 amide bonds. The van der Waals surface area contributed by atoms with E-state index in [1.807, 2.05) is 9.58 Å². The lowest BCUT2D eigenvalue weighted by molar-refractivity contribution is -0.130. The molecule has 1 aliphatic carbocycles. The van der Waals surface area contributed by atoms with E-state index in [-0.39, 0.29) is 17.7 Å². The Kier molecular flexibility index (Phi) is 4.71. The topological polar surface area (TPSA) is 101 Å². The average molecular weight is 387 g/mol. The highest BCUT2D eigenvalue weighted by molar-refractivity contribution is 7.99. The molecule has 138 valence electrons. The summed E-state index contributed by atoms with van der Waals surface area (Å²) in [4.78, 5) is 16.5. The smallest absolute Gasteiger partial charge is 0.233 e. The first-order valence-corrected chi connectivity index (χ1v) is 11.5. The second kappa shape index (κ2) is 6.84. The lowest BCUT2D eigenvalue weighted by Gasteiger charge is -2.37. The van der Waals surface area contributed by atoms with Crippen LogP contribution >= 0.6 is 11.8 Å². The molecule has 1 aromatic rings. The Hall–Kier alpha value is -1.20. The first kappa shape index (κ1) is 17.2. The molecule has 0 radical (unpaired) electrons. The number of carbonyl (C=O) groups is 1. The van der Waals surface area contributed by atoms with Crippen molar-refractivity contribution in [2.24, 2.45) is 0 Å². The highest BCUT2D eigenvalue weighted by atomic mass is 32.2. The van der Waals surface area contributed by atoms with E-state index in [2.05, 4.69) is 20.4 Å². The van der Waals surface area contributed by atoms with Gasteiger partial charge in [0.25, 0.3) is 0 Å². The van der Waals surface area contributed by atoms with Crippen molar-refractivity contribution in [1.82, 2.24) is 30.0 Å². The Morgan fingerprint density at radius 1 is 1.12 bits per heavy atom. The number of sulfone groups is 1. The summed E-state index contributed by atoms with van der Waals surface area (Å²) in [6.45, 7) is 2.81. The fourth-order valence-corrected chi connectivity index (χ4v) is 6.06. The normalized spacial score (nSPS) is 26.9. The second-order valence-electron chi connectivity index (χ2n) is 6.90. The summed E-state index contributed by atoms with van der Waals surface area (Å²) < 4.78 is 25.1. The lowest BCUT2D eigenvalue weighted by atomic mass is 10.2. The molecular weight excluding hydrogens is 364 g/mol. The lowest BCUT2D eigenvalue weighted by Crippen LogP contribution is -2.52. The molecule has 0 spiro atoms. The van der Waals surface area contributed by atoms with Crippen molar-refractivity contribution < 1.29 is 13.2 Å². The number of piperazine rings is 1. The maximum absolute atomic E-state index is 12.4. The van der Waals surface area contributed by atoms with Crippen LogP contribution in [0.15, 0.2) is 5.16 Å². The highest BCUT2D eigenvalue weighted by Gasteiger charge is 2.34. The van der Waals surface area contributed by atoms with Crippen molar-refractivity contribution in [3.63, 3.8) is 0 Å². The molecule has 4 rings (SSSR count). The minimum absolute atomic E-state index is 0.0917. The molecule has 1 saturated carbocycles. The Labute approximate surface area is 151 Å². The Morgan fingerprint density at radius 3 is 2.52 bits per heavy atom. The van der Waals surface area contributed by atoms with Gasteiger partial charge in [0, 0.05) is 32.2 Å².